The first kappa shape index (κ1) is 21.5. The van der Waals surface area contributed by atoms with E-state index in [1.54, 1.807) is 38.5 Å². The van der Waals surface area contributed by atoms with E-state index in [4.69, 9.17) is 10.7 Å². The number of anilines is 2. The molecule has 0 atom stereocenters. The Bertz CT molecular complexity index is 1390. The van der Waals surface area contributed by atoms with Crippen LogP contribution in [-0.2, 0) is 4.79 Å². The van der Waals surface area contributed by atoms with Gasteiger partial charge in [-0.15, -0.1) is 0 Å². The monoisotopic (exact) mass is 456 g/mol. The number of carbonyl (C=O) groups excluding carboxylic acids is 2. The standard InChI is InChI=1S/C24H24N8O2/c1-32(2)23(34)13-5-3-6-16(11-13)27-24-29-21(15-9-14(10-15)20(25)33)28-22(30-24)17-7-4-8-19-18(17)12-26-31-19/h3-8,11-12,14-15H,9-10H2,1-2H3,(H2,25,33)(H,26,31)(H,27,28,29,30). The van der Waals surface area contributed by atoms with Gasteiger partial charge in [-0.2, -0.15) is 15.1 Å². The highest BCUT2D eigenvalue weighted by Crippen LogP contribution is 2.40. The Balaban J connectivity index is 1.53. The van der Waals surface area contributed by atoms with Gasteiger partial charge in [0.2, 0.25) is 11.9 Å². The number of nitrogens with zero attached hydrogens (tertiary/aromatic N) is 5. The zero-order valence-electron chi connectivity index (χ0n) is 18.8. The summed E-state index contributed by atoms with van der Waals surface area (Å²) in [5.41, 5.74) is 8.38. The molecule has 2 aromatic carbocycles. The normalized spacial score (nSPS) is 17.2. The van der Waals surface area contributed by atoms with E-state index in [-0.39, 0.29) is 23.7 Å². The molecule has 34 heavy (non-hydrogen) atoms. The van der Waals surface area contributed by atoms with Gasteiger partial charge in [-0.05, 0) is 37.1 Å². The van der Waals surface area contributed by atoms with Crippen molar-refractivity contribution in [2.24, 2.45) is 11.7 Å². The van der Waals surface area contributed by atoms with E-state index in [9.17, 15) is 9.59 Å². The van der Waals surface area contributed by atoms with E-state index in [2.05, 4.69) is 25.5 Å². The molecular weight excluding hydrogens is 432 g/mol. The molecule has 0 bridgehead atoms. The van der Waals surface area contributed by atoms with Crippen molar-refractivity contribution in [2.45, 2.75) is 18.8 Å². The molecule has 0 saturated heterocycles. The number of nitrogens with one attached hydrogen (secondary N) is 2. The van der Waals surface area contributed by atoms with Crippen LogP contribution in [0, 0.1) is 5.92 Å². The van der Waals surface area contributed by atoms with E-state index >= 15 is 0 Å². The molecule has 1 aliphatic rings. The molecule has 0 aliphatic heterocycles. The van der Waals surface area contributed by atoms with Crippen molar-refractivity contribution < 1.29 is 9.59 Å². The van der Waals surface area contributed by atoms with Crippen molar-refractivity contribution in [2.75, 3.05) is 19.4 Å². The molecule has 10 nitrogen and oxygen atoms in total. The van der Waals surface area contributed by atoms with Crippen LogP contribution in [0.4, 0.5) is 11.6 Å². The van der Waals surface area contributed by atoms with Gasteiger partial charge >= 0.3 is 0 Å². The molecule has 5 rings (SSSR count). The minimum atomic E-state index is -0.297. The Morgan fingerprint density at radius 2 is 1.88 bits per heavy atom. The fraction of sp³-hybridized carbons (Fsp3) is 0.250. The molecule has 172 valence electrons. The minimum Gasteiger partial charge on any atom is -0.369 e. The van der Waals surface area contributed by atoms with Crippen molar-refractivity contribution in [3.63, 3.8) is 0 Å². The van der Waals surface area contributed by atoms with E-state index in [1.807, 2.05) is 24.3 Å². The zero-order chi connectivity index (χ0) is 23.8. The number of aromatic amines is 1. The van der Waals surface area contributed by atoms with Crippen LogP contribution < -0.4 is 11.1 Å². The van der Waals surface area contributed by atoms with Crippen molar-refractivity contribution in [1.82, 2.24) is 30.0 Å². The third-order valence-electron chi connectivity index (χ3n) is 6.06. The second kappa shape index (κ2) is 8.54. The van der Waals surface area contributed by atoms with E-state index in [0.29, 0.717) is 41.7 Å². The minimum absolute atomic E-state index is 0.0185. The number of fused-ring (bicyclic) bond motifs is 1. The summed E-state index contributed by atoms with van der Waals surface area (Å²) in [5, 5.41) is 11.2. The summed E-state index contributed by atoms with van der Waals surface area (Å²) >= 11 is 0. The lowest BCUT2D eigenvalue weighted by atomic mass is 9.74. The fourth-order valence-corrected chi connectivity index (χ4v) is 4.09. The smallest absolute Gasteiger partial charge is 0.253 e. The van der Waals surface area contributed by atoms with Crippen LogP contribution in [0.1, 0.15) is 34.9 Å². The second-order valence-corrected chi connectivity index (χ2v) is 8.65. The summed E-state index contributed by atoms with van der Waals surface area (Å²) in [7, 11) is 3.42. The molecule has 0 spiro atoms. The second-order valence-electron chi connectivity index (χ2n) is 8.65. The van der Waals surface area contributed by atoms with Gasteiger partial charge in [0.05, 0.1) is 11.7 Å². The number of benzene rings is 2. The molecule has 1 aliphatic carbocycles. The lowest BCUT2D eigenvalue weighted by molar-refractivity contribution is -0.124. The quantitative estimate of drug-likeness (QED) is 0.405. The van der Waals surface area contributed by atoms with Crippen LogP contribution in [0.5, 0.6) is 0 Å². The lowest BCUT2D eigenvalue weighted by Gasteiger charge is -2.31. The number of nitrogens with two attached hydrogens (primary N) is 1. The lowest BCUT2D eigenvalue weighted by Crippen LogP contribution is -2.34. The number of rotatable bonds is 6. The summed E-state index contributed by atoms with van der Waals surface area (Å²) in [6, 6.07) is 12.9. The molecule has 4 N–H and O–H groups in total. The predicted octanol–water partition coefficient (Wildman–Crippen LogP) is 2.84. The van der Waals surface area contributed by atoms with Crippen molar-refractivity contribution in [1.29, 1.82) is 0 Å². The molecule has 2 amide bonds. The fourth-order valence-electron chi connectivity index (χ4n) is 4.09. The Labute approximate surface area is 195 Å². The van der Waals surface area contributed by atoms with E-state index < -0.39 is 0 Å². The van der Waals surface area contributed by atoms with Crippen LogP contribution in [0.15, 0.2) is 48.7 Å². The molecule has 2 heterocycles. The topological polar surface area (TPSA) is 143 Å². The number of hydrogen-bond donors (Lipinski definition) is 3. The number of amides is 2. The van der Waals surface area contributed by atoms with Crippen LogP contribution in [0.3, 0.4) is 0 Å². The van der Waals surface area contributed by atoms with Gasteiger partial charge < -0.3 is 16.0 Å². The van der Waals surface area contributed by atoms with Crippen molar-refractivity contribution in [3.05, 3.63) is 60.0 Å². The Morgan fingerprint density at radius 3 is 2.65 bits per heavy atom. The van der Waals surface area contributed by atoms with E-state index in [1.165, 1.54) is 4.90 Å². The molecule has 2 aromatic heterocycles. The number of H-pyrrole nitrogens is 1. The Kier molecular flexibility index (Phi) is 5.40. The van der Waals surface area contributed by atoms with Crippen molar-refractivity contribution in [3.8, 4) is 11.4 Å². The van der Waals surface area contributed by atoms with E-state index in [0.717, 1.165) is 16.5 Å². The average Bonchev–Trinajstić information content (AvgIpc) is 3.26. The SMILES string of the molecule is CN(C)C(=O)c1cccc(Nc2nc(-c3cccc4[nH]ncc34)nc(C3CC(C(N)=O)C3)n2)c1. The summed E-state index contributed by atoms with van der Waals surface area (Å²) in [6.45, 7) is 0. The molecule has 1 fully saturated rings. The van der Waals surface area contributed by atoms with Crippen LogP contribution >= 0.6 is 0 Å². The maximum absolute atomic E-state index is 12.4. The Hall–Kier alpha value is -4.34. The molecular formula is C24H24N8O2. The average molecular weight is 457 g/mol. The van der Waals surface area contributed by atoms with Gasteiger partial charge in [0.25, 0.3) is 5.91 Å². The number of aromatic nitrogens is 5. The van der Waals surface area contributed by atoms with Gasteiger partial charge in [-0.3, -0.25) is 14.7 Å². The summed E-state index contributed by atoms with van der Waals surface area (Å²) in [5.74, 6) is 0.928. The third-order valence-corrected chi connectivity index (χ3v) is 6.06. The summed E-state index contributed by atoms with van der Waals surface area (Å²) in [4.78, 5) is 39.5. The molecule has 0 radical (unpaired) electrons. The largest absolute Gasteiger partial charge is 0.369 e. The maximum Gasteiger partial charge on any atom is 0.253 e. The first-order chi connectivity index (χ1) is 16.4. The van der Waals surface area contributed by atoms with Gasteiger partial charge in [-0.1, -0.05) is 18.2 Å². The highest BCUT2D eigenvalue weighted by atomic mass is 16.2. The third kappa shape index (κ3) is 4.05. The zero-order valence-corrected chi connectivity index (χ0v) is 18.8. The van der Waals surface area contributed by atoms with Crippen LogP contribution in [-0.4, -0.2) is 56.0 Å². The highest BCUT2D eigenvalue weighted by molar-refractivity contribution is 5.95. The van der Waals surface area contributed by atoms with Crippen LogP contribution in [0.25, 0.3) is 22.3 Å². The molecule has 0 unspecified atom stereocenters. The first-order valence-corrected chi connectivity index (χ1v) is 11.0. The number of carbonyl (C=O) groups is 2. The van der Waals surface area contributed by atoms with Gasteiger partial charge in [0.15, 0.2) is 5.82 Å². The first-order valence-electron chi connectivity index (χ1n) is 11.0. The predicted molar refractivity (Wildman–Crippen MR) is 127 cm³/mol. The van der Waals surface area contributed by atoms with Gasteiger partial charge in [0, 0.05) is 48.1 Å². The number of hydrogen-bond acceptors (Lipinski definition) is 7. The van der Waals surface area contributed by atoms with Crippen LogP contribution in [0.2, 0.25) is 0 Å². The highest BCUT2D eigenvalue weighted by Gasteiger charge is 2.36. The maximum atomic E-state index is 12.4. The van der Waals surface area contributed by atoms with Gasteiger partial charge in [-0.25, -0.2) is 4.98 Å². The molecule has 10 heteroatoms. The summed E-state index contributed by atoms with van der Waals surface area (Å²) in [6.07, 6.45) is 2.96. The molecule has 1 saturated carbocycles. The van der Waals surface area contributed by atoms with Gasteiger partial charge in [0.1, 0.15) is 5.82 Å². The summed E-state index contributed by atoms with van der Waals surface area (Å²) < 4.78 is 0. The molecule has 4 aromatic rings. The van der Waals surface area contributed by atoms with Crippen molar-refractivity contribution >= 4 is 34.4 Å². The Morgan fingerprint density at radius 1 is 1.09 bits per heavy atom. The number of primary amides is 1.